The molecule has 0 aromatic carbocycles. The summed E-state index contributed by atoms with van der Waals surface area (Å²) in [6.07, 6.45) is 1.63. The van der Waals surface area contributed by atoms with E-state index in [1.165, 1.54) is 0 Å². The number of hydrogen-bond donors (Lipinski definition) is 2. The van der Waals surface area contributed by atoms with Gasteiger partial charge in [-0.3, -0.25) is 4.99 Å². The zero-order valence-corrected chi connectivity index (χ0v) is 10.3. The van der Waals surface area contributed by atoms with Gasteiger partial charge in [0.1, 0.15) is 5.76 Å². The summed E-state index contributed by atoms with van der Waals surface area (Å²) in [5.41, 5.74) is 0. The minimum atomic E-state index is 0.429. The number of nitrogens with zero attached hydrogens (tertiary/aromatic N) is 3. The number of aromatic nitrogens is 2. The first-order valence-electron chi connectivity index (χ1n) is 5.54. The van der Waals surface area contributed by atoms with Crippen LogP contribution in [0.3, 0.4) is 0 Å². The first-order valence-corrected chi connectivity index (χ1v) is 5.54. The van der Waals surface area contributed by atoms with Gasteiger partial charge in [-0.15, -0.1) is 0 Å². The molecule has 0 aliphatic rings. The van der Waals surface area contributed by atoms with E-state index in [0.29, 0.717) is 30.8 Å². The third-order valence-electron chi connectivity index (χ3n) is 2.21. The van der Waals surface area contributed by atoms with Gasteiger partial charge in [-0.2, -0.15) is 4.98 Å². The van der Waals surface area contributed by atoms with Gasteiger partial charge in [0.15, 0.2) is 11.8 Å². The monoisotopic (exact) mass is 249 g/mol. The van der Waals surface area contributed by atoms with E-state index in [4.69, 9.17) is 8.94 Å². The van der Waals surface area contributed by atoms with Crippen LogP contribution in [-0.4, -0.2) is 23.1 Å². The van der Waals surface area contributed by atoms with Crippen LogP contribution >= 0.6 is 0 Å². The molecule has 0 aliphatic carbocycles. The Morgan fingerprint density at radius 2 is 2.22 bits per heavy atom. The zero-order valence-electron chi connectivity index (χ0n) is 10.3. The summed E-state index contributed by atoms with van der Waals surface area (Å²) in [5.74, 6) is 2.62. The van der Waals surface area contributed by atoms with Crippen LogP contribution in [0.2, 0.25) is 0 Å². The summed E-state index contributed by atoms with van der Waals surface area (Å²) < 4.78 is 10.2. The summed E-state index contributed by atoms with van der Waals surface area (Å²) in [4.78, 5) is 8.16. The number of hydrogen-bond acceptors (Lipinski definition) is 5. The van der Waals surface area contributed by atoms with Crippen molar-refractivity contribution in [2.24, 2.45) is 4.99 Å². The quantitative estimate of drug-likeness (QED) is 0.616. The van der Waals surface area contributed by atoms with Crippen molar-refractivity contribution in [3.8, 4) is 0 Å². The van der Waals surface area contributed by atoms with Crippen LogP contribution < -0.4 is 10.6 Å². The van der Waals surface area contributed by atoms with Crippen molar-refractivity contribution in [3.63, 3.8) is 0 Å². The number of guanidine groups is 1. The zero-order chi connectivity index (χ0) is 12.8. The lowest BCUT2D eigenvalue weighted by Gasteiger charge is -2.08. The van der Waals surface area contributed by atoms with Crippen molar-refractivity contribution < 1.29 is 8.94 Å². The SMILES string of the molecule is CN=C(NCc1ccco1)NCc1nc(C)no1. The van der Waals surface area contributed by atoms with E-state index in [1.807, 2.05) is 12.1 Å². The van der Waals surface area contributed by atoms with Crippen molar-refractivity contribution >= 4 is 5.96 Å². The molecule has 96 valence electrons. The molecule has 18 heavy (non-hydrogen) atoms. The van der Waals surface area contributed by atoms with Crippen molar-refractivity contribution in [1.29, 1.82) is 0 Å². The second-order valence-corrected chi connectivity index (χ2v) is 3.59. The summed E-state index contributed by atoms with van der Waals surface area (Å²) in [5, 5.41) is 9.87. The van der Waals surface area contributed by atoms with Crippen molar-refractivity contribution in [2.75, 3.05) is 7.05 Å². The number of nitrogens with one attached hydrogen (secondary N) is 2. The topological polar surface area (TPSA) is 88.5 Å². The van der Waals surface area contributed by atoms with E-state index in [2.05, 4.69) is 25.8 Å². The van der Waals surface area contributed by atoms with Gasteiger partial charge >= 0.3 is 0 Å². The molecule has 0 radical (unpaired) electrons. The van der Waals surface area contributed by atoms with Gasteiger partial charge in [0.2, 0.25) is 5.89 Å². The van der Waals surface area contributed by atoms with E-state index in [0.717, 1.165) is 5.76 Å². The highest BCUT2D eigenvalue weighted by Gasteiger charge is 2.04. The van der Waals surface area contributed by atoms with Gasteiger partial charge in [-0.1, -0.05) is 5.16 Å². The molecule has 0 atom stereocenters. The Bertz CT molecular complexity index is 503. The average molecular weight is 249 g/mol. The molecule has 2 rings (SSSR count). The molecule has 2 heterocycles. The standard InChI is InChI=1S/C11H15N5O2/c1-8-15-10(18-16-8)7-14-11(12-2)13-6-9-4-3-5-17-9/h3-5H,6-7H2,1-2H3,(H2,12,13,14). The predicted molar refractivity (Wildman–Crippen MR) is 64.8 cm³/mol. The fraction of sp³-hybridized carbons (Fsp3) is 0.364. The molecule has 0 saturated carbocycles. The minimum Gasteiger partial charge on any atom is -0.467 e. The highest BCUT2D eigenvalue weighted by Crippen LogP contribution is 1.98. The average Bonchev–Trinajstić information content (AvgIpc) is 3.01. The molecule has 0 spiro atoms. The predicted octanol–water partition coefficient (Wildman–Crippen LogP) is 0.836. The molecule has 7 heteroatoms. The molecule has 0 aliphatic heterocycles. The Morgan fingerprint density at radius 1 is 1.39 bits per heavy atom. The summed E-state index contributed by atoms with van der Waals surface area (Å²) in [6.45, 7) is 2.77. The maximum Gasteiger partial charge on any atom is 0.246 e. The van der Waals surface area contributed by atoms with Crippen molar-refractivity contribution in [2.45, 2.75) is 20.0 Å². The van der Waals surface area contributed by atoms with E-state index in [9.17, 15) is 0 Å². The molecule has 7 nitrogen and oxygen atoms in total. The largest absolute Gasteiger partial charge is 0.467 e. The number of aryl methyl sites for hydroxylation is 1. The Kier molecular flexibility index (Phi) is 3.95. The first-order chi connectivity index (χ1) is 8.78. The van der Waals surface area contributed by atoms with Gasteiger partial charge in [0, 0.05) is 7.05 Å². The molecular weight excluding hydrogens is 234 g/mol. The smallest absolute Gasteiger partial charge is 0.246 e. The second-order valence-electron chi connectivity index (χ2n) is 3.59. The van der Waals surface area contributed by atoms with Gasteiger partial charge in [-0.25, -0.2) is 0 Å². The van der Waals surface area contributed by atoms with Crippen LogP contribution in [0.4, 0.5) is 0 Å². The van der Waals surface area contributed by atoms with Crippen LogP contribution in [-0.2, 0) is 13.1 Å². The molecule has 2 aromatic rings. The molecule has 2 N–H and O–H groups in total. The third kappa shape index (κ3) is 3.34. The van der Waals surface area contributed by atoms with Crippen LogP contribution in [0.1, 0.15) is 17.5 Å². The van der Waals surface area contributed by atoms with E-state index in [-0.39, 0.29) is 0 Å². The van der Waals surface area contributed by atoms with Gasteiger partial charge in [0.05, 0.1) is 19.4 Å². The molecule has 0 bridgehead atoms. The maximum atomic E-state index is 5.21. The third-order valence-corrected chi connectivity index (χ3v) is 2.21. The lowest BCUT2D eigenvalue weighted by atomic mass is 10.4. The van der Waals surface area contributed by atoms with Crippen LogP contribution in [0.5, 0.6) is 0 Å². The Balaban J connectivity index is 1.79. The van der Waals surface area contributed by atoms with Crippen LogP contribution in [0, 0.1) is 6.92 Å². The highest BCUT2D eigenvalue weighted by atomic mass is 16.5. The summed E-state index contributed by atoms with van der Waals surface area (Å²) >= 11 is 0. The van der Waals surface area contributed by atoms with Crippen LogP contribution in [0.15, 0.2) is 32.3 Å². The van der Waals surface area contributed by atoms with E-state index >= 15 is 0 Å². The number of aliphatic imine (C=N–C) groups is 1. The van der Waals surface area contributed by atoms with Gasteiger partial charge in [-0.05, 0) is 19.1 Å². The Hall–Kier alpha value is -2.31. The summed E-state index contributed by atoms with van der Waals surface area (Å²) in [6, 6.07) is 3.73. The summed E-state index contributed by atoms with van der Waals surface area (Å²) in [7, 11) is 1.69. The molecule has 2 aromatic heterocycles. The van der Waals surface area contributed by atoms with Gasteiger partial charge in [0.25, 0.3) is 0 Å². The van der Waals surface area contributed by atoms with Crippen molar-refractivity contribution in [1.82, 2.24) is 20.8 Å². The highest BCUT2D eigenvalue weighted by molar-refractivity contribution is 5.79. The Labute approximate surface area is 104 Å². The lowest BCUT2D eigenvalue weighted by molar-refractivity contribution is 0.371. The molecule has 0 unspecified atom stereocenters. The molecule has 0 fully saturated rings. The van der Waals surface area contributed by atoms with Crippen molar-refractivity contribution in [3.05, 3.63) is 35.9 Å². The van der Waals surface area contributed by atoms with E-state index in [1.54, 1.807) is 20.2 Å². The molecular formula is C11H15N5O2. The Morgan fingerprint density at radius 3 is 2.83 bits per heavy atom. The molecule has 0 amide bonds. The fourth-order valence-corrected chi connectivity index (χ4v) is 1.38. The first kappa shape index (κ1) is 12.2. The lowest BCUT2D eigenvalue weighted by Crippen LogP contribution is -2.36. The second kappa shape index (κ2) is 5.85. The fourth-order valence-electron chi connectivity index (χ4n) is 1.38. The van der Waals surface area contributed by atoms with Gasteiger partial charge < -0.3 is 19.6 Å². The molecule has 0 saturated heterocycles. The number of rotatable bonds is 4. The number of furan rings is 1. The van der Waals surface area contributed by atoms with Crippen LogP contribution in [0.25, 0.3) is 0 Å². The maximum absolute atomic E-state index is 5.21. The van der Waals surface area contributed by atoms with E-state index < -0.39 is 0 Å². The minimum absolute atomic E-state index is 0.429. The normalized spacial score (nSPS) is 11.6.